The highest BCUT2D eigenvalue weighted by atomic mass is 79.9. The molecule has 0 radical (unpaired) electrons. The summed E-state index contributed by atoms with van der Waals surface area (Å²) in [7, 11) is 0. The van der Waals surface area contributed by atoms with E-state index in [9.17, 15) is 0 Å². The zero-order valence-electron chi connectivity index (χ0n) is 9.35. The van der Waals surface area contributed by atoms with Crippen molar-refractivity contribution in [1.29, 1.82) is 0 Å². The summed E-state index contributed by atoms with van der Waals surface area (Å²) in [5.74, 6) is 6.28. The van der Waals surface area contributed by atoms with E-state index in [4.69, 9.17) is 0 Å². The molecule has 2 rings (SSSR count). The highest BCUT2D eigenvalue weighted by Crippen LogP contribution is 2.11. The van der Waals surface area contributed by atoms with Crippen LogP contribution in [0.1, 0.15) is 5.56 Å². The fourth-order valence-electron chi connectivity index (χ4n) is 1.37. The van der Waals surface area contributed by atoms with Crippen LogP contribution in [0, 0.1) is 11.8 Å². The van der Waals surface area contributed by atoms with Crippen LogP contribution in [-0.4, -0.2) is 15.8 Å². The molecule has 0 bridgehead atoms. The molecule has 2 aromatic rings. The normalized spacial score (nSPS) is 9.76. The van der Waals surface area contributed by atoms with Crippen LogP contribution in [-0.2, 0) is 6.54 Å². The molecule has 0 saturated heterocycles. The Balaban J connectivity index is 2.06. The predicted molar refractivity (Wildman–Crippen MR) is 75.0 cm³/mol. The average Bonchev–Trinajstić information content (AvgIpc) is 2.79. The molecule has 86 valence electrons. The molecule has 0 aliphatic rings. The van der Waals surface area contributed by atoms with Gasteiger partial charge in [-0.15, -0.1) is 0 Å². The van der Waals surface area contributed by atoms with Crippen molar-refractivity contribution in [3.8, 4) is 11.8 Å². The van der Waals surface area contributed by atoms with Crippen molar-refractivity contribution in [1.82, 2.24) is 9.55 Å². The van der Waals surface area contributed by atoms with Crippen LogP contribution in [0.4, 0.5) is 0 Å². The smallest absolute Gasteiger partial charge is 0.168 e. The summed E-state index contributed by atoms with van der Waals surface area (Å²) in [6.45, 7) is 0.673. The minimum Gasteiger partial charge on any atom is -0.314 e. The molecule has 1 aromatic carbocycles. The molecule has 0 aliphatic heterocycles. The minimum atomic E-state index is 0.673. The third kappa shape index (κ3) is 3.39. The molecule has 0 saturated carbocycles. The Morgan fingerprint density at radius 3 is 2.82 bits per heavy atom. The van der Waals surface area contributed by atoms with Crippen LogP contribution in [0.2, 0.25) is 0 Å². The zero-order chi connectivity index (χ0) is 12.1. The third-order valence-electron chi connectivity index (χ3n) is 2.19. The fraction of sp³-hybridized carbons (Fsp3) is 0.154. The molecule has 1 heterocycles. The summed E-state index contributed by atoms with van der Waals surface area (Å²) in [6, 6.07) is 7.99. The van der Waals surface area contributed by atoms with Crippen molar-refractivity contribution in [2.24, 2.45) is 0 Å². The summed E-state index contributed by atoms with van der Waals surface area (Å²) in [4.78, 5) is 4.22. The summed E-state index contributed by atoms with van der Waals surface area (Å²) in [5, 5.41) is 0.995. The summed E-state index contributed by atoms with van der Waals surface area (Å²) < 4.78 is 3.11. The first-order valence-corrected chi connectivity index (χ1v) is 7.11. The number of hydrogen-bond donors (Lipinski definition) is 0. The lowest BCUT2D eigenvalue weighted by atomic mass is 10.2. The number of halogens is 1. The lowest BCUT2D eigenvalue weighted by molar-refractivity contribution is 0.739. The topological polar surface area (TPSA) is 17.8 Å². The first kappa shape index (κ1) is 12.3. The van der Waals surface area contributed by atoms with Gasteiger partial charge in [-0.25, -0.2) is 4.98 Å². The van der Waals surface area contributed by atoms with Crippen molar-refractivity contribution >= 4 is 27.7 Å². The van der Waals surface area contributed by atoms with E-state index in [1.807, 2.05) is 41.3 Å². The number of benzene rings is 1. The Kier molecular flexibility index (Phi) is 4.29. The molecule has 1 aromatic heterocycles. The van der Waals surface area contributed by atoms with Crippen molar-refractivity contribution in [2.45, 2.75) is 11.7 Å². The van der Waals surface area contributed by atoms with Gasteiger partial charge in [0.25, 0.3) is 0 Å². The highest BCUT2D eigenvalue weighted by Gasteiger charge is 1.97. The van der Waals surface area contributed by atoms with Crippen LogP contribution in [0.5, 0.6) is 0 Å². The van der Waals surface area contributed by atoms with Gasteiger partial charge in [-0.2, -0.15) is 0 Å². The number of thioether (sulfide) groups is 1. The standard InChI is InChI=1S/C13H11BrN2S/c1-17-13-15-8-10-16(13)9-2-3-11-4-6-12(14)7-5-11/h4-8,10H,9H2,1H3. The highest BCUT2D eigenvalue weighted by molar-refractivity contribution is 9.10. The van der Waals surface area contributed by atoms with Crippen LogP contribution < -0.4 is 0 Å². The number of aromatic nitrogens is 2. The maximum atomic E-state index is 4.22. The van der Waals surface area contributed by atoms with Gasteiger partial charge in [0.05, 0.1) is 6.54 Å². The van der Waals surface area contributed by atoms with Gasteiger partial charge in [-0.05, 0) is 30.5 Å². The van der Waals surface area contributed by atoms with Gasteiger partial charge in [-0.1, -0.05) is 39.5 Å². The van der Waals surface area contributed by atoms with E-state index in [1.165, 1.54) is 0 Å². The maximum absolute atomic E-state index is 4.22. The van der Waals surface area contributed by atoms with Gasteiger partial charge in [0.15, 0.2) is 5.16 Å². The lowest BCUT2D eigenvalue weighted by Crippen LogP contribution is -1.95. The maximum Gasteiger partial charge on any atom is 0.168 e. The van der Waals surface area contributed by atoms with Crippen molar-refractivity contribution in [3.05, 3.63) is 46.7 Å². The van der Waals surface area contributed by atoms with Gasteiger partial charge in [0.2, 0.25) is 0 Å². The molecule has 4 heteroatoms. The molecule has 2 nitrogen and oxygen atoms in total. The Hall–Kier alpha value is -1.18. The van der Waals surface area contributed by atoms with Crippen LogP contribution in [0.3, 0.4) is 0 Å². The van der Waals surface area contributed by atoms with Gasteiger partial charge in [-0.3, -0.25) is 0 Å². The molecule has 0 atom stereocenters. The molecule has 0 fully saturated rings. The van der Waals surface area contributed by atoms with Gasteiger partial charge in [0, 0.05) is 22.4 Å². The van der Waals surface area contributed by atoms with E-state index in [1.54, 1.807) is 18.0 Å². The Morgan fingerprint density at radius 2 is 2.12 bits per heavy atom. The monoisotopic (exact) mass is 306 g/mol. The minimum absolute atomic E-state index is 0.673. The summed E-state index contributed by atoms with van der Waals surface area (Å²) >= 11 is 5.03. The second-order valence-corrected chi connectivity index (χ2v) is 5.04. The van der Waals surface area contributed by atoms with Crippen molar-refractivity contribution in [2.75, 3.05) is 6.26 Å². The lowest BCUT2D eigenvalue weighted by Gasteiger charge is -1.98. The number of imidazole rings is 1. The summed E-state index contributed by atoms with van der Waals surface area (Å²) in [5.41, 5.74) is 1.03. The number of rotatable bonds is 2. The van der Waals surface area contributed by atoms with Crippen LogP contribution in [0.25, 0.3) is 0 Å². The molecule has 0 N–H and O–H groups in total. The van der Waals surface area contributed by atoms with E-state index in [-0.39, 0.29) is 0 Å². The number of nitrogens with zero attached hydrogens (tertiary/aromatic N) is 2. The van der Waals surface area contributed by atoms with Gasteiger partial charge >= 0.3 is 0 Å². The van der Waals surface area contributed by atoms with Crippen molar-refractivity contribution in [3.63, 3.8) is 0 Å². The fourth-order valence-corrected chi connectivity index (χ4v) is 2.16. The second kappa shape index (κ2) is 5.95. The molecule has 17 heavy (non-hydrogen) atoms. The third-order valence-corrected chi connectivity index (χ3v) is 3.42. The second-order valence-electron chi connectivity index (χ2n) is 3.35. The Bertz CT molecular complexity index is 549. The quantitative estimate of drug-likeness (QED) is 0.625. The number of hydrogen-bond acceptors (Lipinski definition) is 2. The molecular formula is C13H11BrN2S. The van der Waals surface area contributed by atoms with Gasteiger partial charge < -0.3 is 4.57 Å². The largest absolute Gasteiger partial charge is 0.314 e. The molecular weight excluding hydrogens is 296 g/mol. The molecule has 0 spiro atoms. The van der Waals surface area contributed by atoms with E-state index in [2.05, 4.69) is 32.8 Å². The molecule has 0 amide bonds. The van der Waals surface area contributed by atoms with E-state index in [0.717, 1.165) is 15.2 Å². The van der Waals surface area contributed by atoms with Crippen molar-refractivity contribution < 1.29 is 0 Å². The Morgan fingerprint density at radius 1 is 1.35 bits per heavy atom. The molecule has 0 unspecified atom stereocenters. The first-order valence-electron chi connectivity index (χ1n) is 5.09. The SMILES string of the molecule is CSc1nccn1CC#Cc1ccc(Br)cc1. The summed E-state index contributed by atoms with van der Waals surface area (Å²) in [6.07, 6.45) is 5.76. The predicted octanol–water partition coefficient (Wildman–Crippen LogP) is 3.42. The molecule has 0 aliphatic carbocycles. The zero-order valence-corrected chi connectivity index (χ0v) is 11.8. The van der Waals surface area contributed by atoms with E-state index < -0.39 is 0 Å². The van der Waals surface area contributed by atoms with E-state index in [0.29, 0.717) is 6.54 Å². The first-order chi connectivity index (χ1) is 8.29. The van der Waals surface area contributed by atoms with Gasteiger partial charge in [0.1, 0.15) is 0 Å². The van der Waals surface area contributed by atoms with Crippen LogP contribution >= 0.6 is 27.7 Å². The Labute approximate surface area is 114 Å². The van der Waals surface area contributed by atoms with E-state index >= 15 is 0 Å². The average molecular weight is 307 g/mol. The van der Waals surface area contributed by atoms with Crippen LogP contribution in [0.15, 0.2) is 46.3 Å².